The van der Waals surface area contributed by atoms with Gasteiger partial charge in [0.25, 0.3) is 0 Å². The zero-order valence-corrected chi connectivity index (χ0v) is 11.7. The standard InChI is InChI=1S/C15H25N3/c1-3-9-16-11-14-6-5-7-15(17-14)18-10-8-13(4-2)12-18/h5-7,13,16H,3-4,8-12H2,1-2H3. The summed E-state index contributed by atoms with van der Waals surface area (Å²) < 4.78 is 0. The van der Waals surface area contributed by atoms with Crippen molar-refractivity contribution in [3.63, 3.8) is 0 Å². The second-order valence-electron chi connectivity index (χ2n) is 5.17. The normalized spacial score (nSPS) is 19.4. The highest BCUT2D eigenvalue weighted by Gasteiger charge is 2.21. The van der Waals surface area contributed by atoms with Crippen LogP contribution in [0.2, 0.25) is 0 Å². The van der Waals surface area contributed by atoms with Gasteiger partial charge in [-0.2, -0.15) is 0 Å². The van der Waals surface area contributed by atoms with E-state index >= 15 is 0 Å². The smallest absolute Gasteiger partial charge is 0.128 e. The van der Waals surface area contributed by atoms with E-state index in [2.05, 4.69) is 42.3 Å². The molecule has 2 rings (SSSR count). The Morgan fingerprint density at radius 3 is 3.00 bits per heavy atom. The first kappa shape index (κ1) is 13.3. The molecular formula is C15H25N3. The van der Waals surface area contributed by atoms with Gasteiger partial charge in [-0.15, -0.1) is 0 Å². The van der Waals surface area contributed by atoms with Gasteiger partial charge in [0, 0.05) is 19.6 Å². The molecule has 1 aromatic rings. The molecule has 0 spiro atoms. The molecule has 0 saturated carbocycles. The number of nitrogens with one attached hydrogen (secondary N) is 1. The van der Waals surface area contributed by atoms with Crippen molar-refractivity contribution in [3.05, 3.63) is 23.9 Å². The summed E-state index contributed by atoms with van der Waals surface area (Å²) in [6.07, 6.45) is 3.77. The SMILES string of the molecule is CCCNCc1cccc(N2CCC(CC)C2)n1. The fourth-order valence-electron chi connectivity index (χ4n) is 2.51. The molecule has 0 aliphatic carbocycles. The molecule has 3 heteroatoms. The molecule has 0 bridgehead atoms. The Morgan fingerprint density at radius 1 is 1.39 bits per heavy atom. The largest absolute Gasteiger partial charge is 0.356 e. The lowest BCUT2D eigenvalue weighted by atomic mass is 10.1. The minimum atomic E-state index is 0.855. The minimum absolute atomic E-state index is 0.855. The molecule has 1 aliphatic heterocycles. The van der Waals surface area contributed by atoms with E-state index in [1.807, 2.05) is 0 Å². The number of rotatable bonds is 6. The highest BCUT2D eigenvalue weighted by atomic mass is 15.2. The van der Waals surface area contributed by atoms with Crippen LogP contribution in [0.25, 0.3) is 0 Å². The van der Waals surface area contributed by atoms with Gasteiger partial charge in [0.2, 0.25) is 0 Å². The predicted molar refractivity (Wildman–Crippen MR) is 76.8 cm³/mol. The molecule has 1 saturated heterocycles. The minimum Gasteiger partial charge on any atom is -0.356 e. The summed E-state index contributed by atoms with van der Waals surface area (Å²) in [5.41, 5.74) is 1.15. The molecule has 1 aromatic heterocycles. The molecule has 1 atom stereocenters. The van der Waals surface area contributed by atoms with Crippen molar-refractivity contribution in [2.45, 2.75) is 39.7 Å². The van der Waals surface area contributed by atoms with E-state index < -0.39 is 0 Å². The topological polar surface area (TPSA) is 28.2 Å². The summed E-state index contributed by atoms with van der Waals surface area (Å²) in [5.74, 6) is 2.01. The fraction of sp³-hybridized carbons (Fsp3) is 0.667. The molecule has 2 heterocycles. The molecule has 1 unspecified atom stereocenters. The maximum absolute atomic E-state index is 4.76. The number of hydrogen-bond donors (Lipinski definition) is 1. The summed E-state index contributed by atoms with van der Waals surface area (Å²) in [6.45, 7) is 8.76. The Kier molecular flexibility index (Phi) is 5.00. The highest BCUT2D eigenvalue weighted by Crippen LogP contribution is 2.24. The zero-order valence-electron chi connectivity index (χ0n) is 11.7. The van der Waals surface area contributed by atoms with Gasteiger partial charge in [0.15, 0.2) is 0 Å². The van der Waals surface area contributed by atoms with E-state index in [1.54, 1.807) is 0 Å². The molecule has 0 aromatic carbocycles. The molecule has 100 valence electrons. The van der Waals surface area contributed by atoms with Crippen LogP contribution in [0.15, 0.2) is 18.2 Å². The van der Waals surface area contributed by atoms with E-state index in [1.165, 1.54) is 25.8 Å². The third-order valence-electron chi connectivity index (χ3n) is 3.71. The van der Waals surface area contributed by atoms with Crippen LogP contribution in [0.4, 0.5) is 5.82 Å². The van der Waals surface area contributed by atoms with Crippen LogP contribution in [0.1, 0.15) is 38.8 Å². The van der Waals surface area contributed by atoms with Gasteiger partial charge in [-0.25, -0.2) is 4.98 Å². The van der Waals surface area contributed by atoms with Crippen LogP contribution in [-0.4, -0.2) is 24.6 Å². The van der Waals surface area contributed by atoms with E-state index in [0.717, 1.165) is 37.1 Å². The average molecular weight is 247 g/mol. The van der Waals surface area contributed by atoms with E-state index in [9.17, 15) is 0 Å². The monoisotopic (exact) mass is 247 g/mol. The molecule has 3 nitrogen and oxygen atoms in total. The quantitative estimate of drug-likeness (QED) is 0.784. The van der Waals surface area contributed by atoms with Gasteiger partial charge < -0.3 is 10.2 Å². The number of anilines is 1. The van der Waals surface area contributed by atoms with Crippen molar-refractivity contribution in [2.24, 2.45) is 5.92 Å². The van der Waals surface area contributed by atoms with Crippen LogP contribution in [0.5, 0.6) is 0 Å². The summed E-state index contributed by atoms with van der Waals surface area (Å²) in [5, 5.41) is 3.41. The number of hydrogen-bond acceptors (Lipinski definition) is 3. The van der Waals surface area contributed by atoms with Crippen molar-refractivity contribution < 1.29 is 0 Å². The molecule has 1 fully saturated rings. The average Bonchev–Trinajstić information content (AvgIpc) is 2.88. The van der Waals surface area contributed by atoms with Crippen molar-refractivity contribution in [2.75, 3.05) is 24.5 Å². The molecular weight excluding hydrogens is 222 g/mol. The third-order valence-corrected chi connectivity index (χ3v) is 3.71. The van der Waals surface area contributed by atoms with Crippen LogP contribution >= 0.6 is 0 Å². The fourth-order valence-corrected chi connectivity index (χ4v) is 2.51. The van der Waals surface area contributed by atoms with Crippen molar-refractivity contribution in [3.8, 4) is 0 Å². The van der Waals surface area contributed by atoms with Gasteiger partial charge in [0.05, 0.1) is 5.69 Å². The summed E-state index contributed by atoms with van der Waals surface area (Å²) in [7, 11) is 0. The van der Waals surface area contributed by atoms with E-state index in [0.29, 0.717) is 0 Å². The molecule has 0 radical (unpaired) electrons. The lowest BCUT2D eigenvalue weighted by Gasteiger charge is -2.18. The number of nitrogens with zero attached hydrogens (tertiary/aromatic N) is 2. The van der Waals surface area contributed by atoms with Gasteiger partial charge in [-0.05, 0) is 37.4 Å². The molecule has 18 heavy (non-hydrogen) atoms. The maximum Gasteiger partial charge on any atom is 0.128 e. The lowest BCUT2D eigenvalue weighted by molar-refractivity contribution is 0.568. The zero-order chi connectivity index (χ0) is 12.8. The van der Waals surface area contributed by atoms with Crippen molar-refractivity contribution >= 4 is 5.82 Å². The summed E-state index contributed by atoms with van der Waals surface area (Å²) in [4.78, 5) is 7.19. The third kappa shape index (κ3) is 3.45. The Balaban J connectivity index is 1.94. The van der Waals surface area contributed by atoms with Gasteiger partial charge in [-0.1, -0.05) is 26.3 Å². The van der Waals surface area contributed by atoms with Gasteiger partial charge in [-0.3, -0.25) is 0 Å². The second-order valence-corrected chi connectivity index (χ2v) is 5.17. The Labute approximate surface area is 111 Å². The Morgan fingerprint density at radius 2 is 2.28 bits per heavy atom. The van der Waals surface area contributed by atoms with E-state index in [4.69, 9.17) is 4.98 Å². The van der Waals surface area contributed by atoms with Crippen LogP contribution in [0.3, 0.4) is 0 Å². The first-order valence-corrected chi connectivity index (χ1v) is 7.25. The van der Waals surface area contributed by atoms with Gasteiger partial charge >= 0.3 is 0 Å². The van der Waals surface area contributed by atoms with Crippen molar-refractivity contribution in [1.82, 2.24) is 10.3 Å². The first-order chi connectivity index (χ1) is 8.83. The Bertz CT molecular complexity index is 365. The Hall–Kier alpha value is -1.09. The van der Waals surface area contributed by atoms with Crippen LogP contribution in [-0.2, 0) is 6.54 Å². The van der Waals surface area contributed by atoms with Crippen LogP contribution < -0.4 is 10.2 Å². The van der Waals surface area contributed by atoms with Crippen molar-refractivity contribution in [1.29, 1.82) is 0 Å². The lowest BCUT2D eigenvalue weighted by Crippen LogP contribution is -2.22. The predicted octanol–water partition coefficient (Wildman–Crippen LogP) is 2.82. The number of aromatic nitrogens is 1. The number of pyridine rings is 1. The summed E-state index contributed by atoms with van der Waals surface area (Å²) >= 11 is 0. The van der Waals surface area contributed by atoms with Crippen LogP contribution in [0, 0.1) is 5.92 Å². The molecule has 1 N–H and O–H groups in total. The summed E-state index contributed by atoms with van der Waals surface area (Å²) in [6, 6.07) is 6.38. The van der Waals surface area contributed by atoms with Gasteiger partial charge in [0.1, 0.15) is 5.82 Å². The molecule has 0 amide bonds. The first-order valence-electron chi connectivity index (χ1n) is 7.25. The second kappa shape index (κ2) is 6.74. The highest BCUT2D eigenvalue weighted by molar-refractivity contribution is 5.40. The van der Waals surface area contributed by atoms with E-state index in [-0.39, 0.29) is 0 Å². The molecule has 1 aliphatic rings. The maximum atomic E-state index is 4.76.